The maximum atomic E-state index is 5.25. The van der Waals surface area contributed by atoms with Gasteiger partial charge in [-0.25, -0.2) is 4.99 Å². The van der Waals surface area contributed by atoms with Crippen LogP contribution in [-0.4, -0.2) is 62.1 Å². The third-order valence-electron chi connectivity index (χ3n) is 6.09. The number of methoxy groups -OCH3 is 1. The van der Waals surface area contributed by atoms with Crippen molar-refractivity contribution >= 4 is 5.96 Å². The monoisotopic (exact) mass is 436 g/mol. The first kappa shape index (κ1) is 21.9. The average molecular weight is 437 g/mol. The van der Waals surface area contributed by atoms with Crippen molar-refractivity contribution in [2.75, 3.05) is 26.7 Å². The van der Waals surface area contributed by atoms with Crippen molar-refractivity contribution in [1.82, 2.24) is 34.8 Å². The van der Waals surface area contributed by atoms with Gasteiger partial charge in [0.15, 0.2) is 11.8 Å². The van der Waals surface area contributed by atoms with Gasteiger partial charge >= 0.3 is 0 Å². The number of hydrogen-bond acceptors (Lipinski definition) is 5. The maximum absolute atomic E-state index is 5.25. The van der Waals surface area contributed by atoms with Crippen molar-refractivity contribution < 1.29 is 4.74 Å². The van der Waals surface area contributed by atoms with Gasteiger partial charge in [-0.15, -0.1) is 10.2 Å². The standard InChI is InChI=1S/C23H32N8O/c1-17-27-28-22(30(17)3)14-25-23(24-11-9-18-5-7-21(32-4)8-6-18)31-12-10-19(16-31)20-13-26-29(2)15-20/h5-8,13,15,19H,9-12,14,16H2,1-4H3,(H,24,25). The minimum Gasteiger partial charge on any atom is -0.497 e. The fraction of sp³-hybridized carbons (Fsp3) is 0.478. The third kappa shape index (κ3) is 5.09. The SMILES string of the molecule is COc1ccc(CCNC(=NCc2nnc(C)n2C)N2CCC(c3cnn(C)c3)C2)cc1. The zero-order valence-corrected chi connectivity index (χ0v) is 19.3. The minimum atomic E-state index is 0.467. The first-order valence-electron chi connectivity index (χ1n) is 11.0. The molecule has 9 nitrogen and oxygen atoms in total. The highest BCUT2D eigenvalue weighted by molar-refractivity contribution is 5.80. The average Bonchev–Trinajstić information content (AvgIpc) is 3.53. The molecule has 9 heteroatoms. The van der Waals surface area contributed by atoms with E-state index in [0.29, 0.717) is 12.5 Å². The Hall–Kier alpha value is -3.36. The van der Waals surface area contributed by atoms with Crippen LogP contribution >= 0.6 is 0 Å². The molecule has 1 aliphatic heterocycles. The predicted octanol–water partition coefficient (Wildman–Crippen LogP) is 2.04. The Kier molecular flexibility index (Phi) is 6.72. The van der Waals surface area contributed by atoms with Crippen LogP contribution in [0.1, 0.15) is 35.1 Å². The minimum absolute atomic E-state index is 0.467. The zero-order chi connectivity index (χ0) is 22.5. The van der Waals surface area contributed by atoms with Crippen molar-refractivity contribution in [2.24, 2.45) is 19.1 Å². The summed E-state index contributed by atoms with van der Waals surface area (Å²) >= 11 is 0. The van der Waals surface area contributed by atoms with Gasteiger partial charge in [0.25, 0.3) is 0 Å². The molecule has 1 aromatic carbocycles. The Balaban J connectivity index is 1.43. The second-order valence-electron chi connectivity index (χ2n) is 8.27. The van der Waals surface area contributed by atoms with Gasteiger partial charge in [-0.05, 0) is 43.0 Å². The van der Waals surface area contributed by atoms with E-state index in [1.54, 1.807) is 7.11 Å². The van der Waals surface area contributed by atoms with E-state index in [9.17, 15) is 0 Å². The van der Waals surface area contributed by atoms with Gasteiger partial charge in [0.05, 0.1) is 13.3 Å². The summed E-state index contributed by atoms with van der Waals surface area (Å²) in [6.45, 7) is 5.14. The lowest BCUT2D eigenvalue weighted by Crippen LogP contribution is -2.41. The topological polar surface area (TPSA) is 85.4 Å². The van der Waals surface area contributed by atoms with Crippen molar-refractivity contribution in [3.8, 4) is 5.75 Å². The molecule has 1 fully saturated rings. The number of aliphatic imine (C=N–C) groups is 1. The van der Waals surface area contributed by atoms with Crippen LogP contribution in [0.4, 0.5) is 0 Å². The Labute approximate surface area is 189 Å². The van der Waals surface area contributed by atoms with E-state index in [-0.39, 0.29) is 0 Å². The number of rotatable bonds is 7. The second-order valence-corrected chi connectivity index (χ2v) is 8.27. The van der Waals surface area contributed by atoms with Crippen LogP contribution in [0.3, 0.4) is 0 Å². The van der Waals surface area contributed by atoms with Gasteiger partial charge in [0.2, 0.25) is 0 Å². The molecule has 2 aromatic heterocycles. The van der Waals surface area contributed by atoms with Crippen LogP contribution in [0, 0.1) is 6.92 Å². The number of nitrogens with one attached hydrogen (secondary N) is 1. The van der Waals surface area contributed by atoms with Gasteiger partial charge in [-0.3, -0.25) is 4.68 Å². The van der Waals surface area contributed by atoms with E-state index in [0.717, 1.165) is 55.8 Å². The van der Waals surface area contributed by atoms with E-state index in [1.165, 1.54) is 11.1 Å². The molecular formula is C23H32N8O. The molecule has 0 radical (unpaired) electrons. The quantitative estimate of drug-likeness (QED) is 0.451. The number of ether oxygens (including phenoxy) is 1. The summed E-state index contributed by atoms with van der Waals surface area (Å²) in [6, 6.07) is 8.21. The van der Waals surface area contributed by atoms with Gasteiger partial charge in [0.1, 0.15) is 18.1 Å². The first-order valence-corrected chi connectivity index (χ1v) is 11.0. The summed E-state index contributed by atoms with van der Waals surface area (Å²) in [5.74, 6) is 4.02. The largest absolute Gasteiger partial charge is 0.497 e. The molecule has 3 aromatic rings. The number of hydrogen-bond donors (Lipinski definition) is 1. The first-order chi connectivity index (χ1) is 15.5. The van der Waals surface area contributed by atoms with Crippen LogP contribution in [0.25, 0.3) is 0 Å². The van der Waals surface area contributed by atoms with E-state index >= 15 is 0 Å². The molecule has 1 atom stereocenters. The molecule has 170 valence electrons. The fourth-order valence-electron chi connectivity index (χ4n) is 3.99. The smallest absolute Gasteiger partial charge is 0.194 e. The molecule has 0 spiro atoms. The zero-order valence-electron chi connectivity index (χ0n) is 19.3. The molecule has 32 heavy (non-hydrogen) atoms. The number of nitrogens with zero attached hydrogens (tertiary/aromatic N) is 7. The van der Waals surface area contributed by atoms with Crippen LogP contribution in [-0.2, 0) is 27.1 Å². The molecule has 0 amide bonds. The molecule has 0 saturated carbocycles. The van der Waals surface area contributed by atoms with Crippen molar-refractivity contribution in [2.45, 2.75) is 32.2 Å². The highest BCUT2D eigenvalue weighted by atomic mass is 16.5. The lowest BCUT2D eigenvalue weighted by molar-refractivity contribution is 0.414. The van der Waals surface area contributed by atoms with Crippen LogP contribution in [0.2, 0.25) is 0 Å². The number of aromatic nitrogens is 5. The molecule has 1 aliphatic rings. The number of benzene rings is 1. The predicted molar refractivity (Wildman–Crippen MR) is 124 cm³/mol. The fourth-order valence-corrected chi connectivity index (χ4v) is 3.99. The summed E-state index contributed by atoms with van der Waals surface area (Å²) in [5, 5.41) is 16.3. The maximum Gasteiger partial charge on any atom is 0.194 e. The molecule has 0 bridgehead atoms. The molecule has 1 unspecified atom stereocenters. The lowest BCUT2D eigenvalue weighted by atomic mass is 10.0. The summed E-state index contributed by atoms with van der Waals surface area (Å²) in [5.41, 5.74) is 2.55. The van der Waals surface area contributed by atoms with E-state index in [2.05, 4.69) is 43.8 Å². The summed E-state index contributed by atoms with van der Waals surface area (Å²) in [4.78, 5) is 7.25. The highest BCUT2D eigenvalue weighted by Gasteiger charge is 2.27. The molecular weight excluding hydrogens is 404 g/mol. The Morgan fingerprint density at radius 2 is 2.03 bits per heavy atom. The van der Waals surface area contributed by atoms with Crippen LogP contribution in [0.15, 0.2) is 41.7 Å². The van der Waals surface area contributed by atoms with Gasteiger partial charge in [-0.1, -0.05) is 12.1 Å². The second kappa shape index (κ2) is 9.84. The molecule has 3 heterocycles. The molecule has 0 aliphatic carbocycles. The Morgan fingerprint density at radius 3 is 2.69 bits per heavy atom. The number of likely N-dealkylation sites (tertiary alicyclic amines) is 1. The van der Waals surface area contributed by atoms with Crippen molar-refractivity contribution in [3.63, 3.8) is 0 Å². The van der Waals surface area contributed by atoms with Crippen LogP contribution < -0.4 is 10.1 Å². The van der Waals surface area contributed by atoms with E-state index < -0.39 is 0 Å². The third-order valence-corrected chi connectivity index (χ3v) is 6.09. The van der Waals surface area contributed by atoms with Gasteiger partial charge < -0.3 is 19.5 Å². The highest BCUT2D eigenvalue weighted by Crippen LogP contribution is 2.26. The summed E-state index contributed by atoms with van der Waals surface area (Å²) < 4.78 is 9.11. The van der Waals surface area contributed by atoms with Gasteiger partial charge in [0, 0.05) is 45.8 Å². The molecule has 1 N–H and O–H groups in total. The molecule has 4 rings (SSSR count). The summed E-state index contributed by atoms with van der Waals surface area (Å²) in [6.07, 6.45) is 6.09. The van der Waals surface area contributed by atoms with E-state index in [4.69, 9.17) is 9.73 Å². The van der Waals surface area contributed by atoms with Crippen LogP contribution in [0.5, 0.6) is 5.75 Å². The normalized spacial score (nSPS) is 16.6. The molecule has 1 saturated heterocycles. The Bertz CT molecular complexity index is 1050. The number of aryl methyl sites for hydroxylation is 2. The number of guanidine groups is 1. The van der Waals surface area contributed by atoms with E-state index in [1.807, 2.05) is 48.6 Å². The Morgan fingerprint density at radius 1 is 1.22 bits per heavy atom. The summed E-state index contributed by atoms with van der Waals surface area (Å²) in [7, 11) is 5.63. The van der Waals surface area contributed by atoms with Crippen molar-refractivity contribution in [3.05, 3.63) is 59.4 Å². The van der Waals surface area contributed by atoms with Crippen molar-refractivity contribution in [1.29, 1.82) is 0 Å². The lowest BCUT2D eigenvalue weighted by Gasteiger charge is -2.22. The van der Waals surface area contributed by atoms with Gasteiger partial charge in [-0.2, -0.15) is 5.10 Å².